The zero-order valence-corrected chi connectivity index (χ0v) is 17.2. The van der Waals surface area contributed by atoms with Crippen molar-refractivity contribution in [3.63, 3.8) is 0 Å². The Hall–Kier alpha value is -3.24. The van der Waals surface area contributed by atoms with Crippen molar-refractivity contribution >= 4 is 29.2 Å². The van der Waals surface area contributed by atoms with Crippen LogP contribution in [-0.2, 0) is 6.42 Å². The number of hydrogen-bond donors (Lipinski definition) is 3. The summed E-state index contributed by atoms with van der Waals surface area (Å²) in [5, 5.41) is 19.4. The molecule has 1 aromatic carbocycles. The Labute approximate surface area is 178 Å². The molecule has 30 heavy (non-hydrogen) atoms. The van der Waals surface area contributed by atoms with Gasteiger partial charge in [-0.25, -0.2) is 14.7 Å². The van der Waals surface area contributed by atoms with E-state index in [-0.39, 0.29) is 33.6 Å². The third-order valence-corrected chi connectivity index (χ3v) is 4.94. The molecule has 0 radical (unpaired) electrons. The molecule has 156 valence electrons. The molecule has 0 aliphatic rings. The van der Waals surface area contributed by atoms with Gasteiger partial charge in [-0.1, -0.05) is 37.0 Å². The lowest BCUT2D eigenvalue weighted by molar-refractivity contribution is 0.0685. The average molecular weight is 452 g/mol. The number of hydrogen-bond acceptors (Lipinski definition) is 6. The fraction of sp³-hybridized carbons (Fsp3) is 0.222. The second-order valence-corrected chi connectivity index (χ2v) is 7.50. The fourth-order valence-electron chi connectivity index (χ4n) is 2.76. The topological polar surface area (TPSA) is 151 Å². The molecule has 0 aliphatic carbocycles. The molecule has 0 atom stereocenters. The molecule has 3 rings (SSSR count). The van der Waals surface area contributed by atoms with E-state index in [0.29, 0.717) is 21.5 Å². The highest BCUT2D eigenvalue weighted by atomic mass is 35.5. The zero-order chi connectivity index (χ0) is 22.2. The van der Waals surface area contributed by atoms with Crippen molar-refractivity contribution in [2.45, 2.75) is 26.2 Å². The first-order valence-electron chi connectivity index (χ1n) is 8.62. The van der Waals surface area contributed by atoms with Crippen molar-refractivity contribution in [2.24, 2.45) is 0 Å². The largest absolute Gasteiger partial charge is 0.476 e. The molecule has 12 heteroatoms. The summed E-state index contributed by atoms with van der Waals surface area (Å²) in [5.41, 5.74) is -1.57. The Morgan fingerprint density at radius 2 is 1.77 bits per heavy atom. The average Bonchev–Trinajstić information content (AvgIpc) is 2.65. The van der Waals surface area contributed by atoms with Crippen molar-refractivity contribution in [1.82, 2.24) is 25.0 Å². The van der Waals surface area contributed by atoms with Gasteiger partial charge in [-0.05, 0) is 29.7 Å². The Kier molecular flexibility index (Phi) is 5.90. The minimum absolute atomic E-state index is 0.00885. The first kappa shape index (κ1) is 21.5. The van der Waals surface area contributed by atoms with E-state index in [9.17, 15) is 19.2 Å². The van der Waals surface area contributed by atoms with Gasteiger partial charge in [-0.3, -0.25) is 14.6 Å². The highest BCUT2D eigenvalue weighted by Crippen LogP contribution is 2.29. The number of aromatic carboxylic acids is 1. The van der Waals surface area contributed by atoms with Gasteiger partial charge < -0.3 is 5.11 Å². The molecule has 0 spiro atoms. The number of nitrogens with one attached hydrogen (secondary N) is 2. The molecule has 0 saturated heterocycles. The molecular weight excluding hydrogens is 437 g/mol. The third-order valence-electron chi connectivity index (χ3n) is 4.27. The van der Waals surface area contributed by atoms with Gasteiger partial charge in [0.2, 0.25) is 5.69 Å². The van der Waals surface area contributed by atoms with Crippen LogP contribution in [0, 0.1) is 0 Å². The highest BCUT2D eigenvalue weighted by Gasteiger charge is 2.17. The number of aromatic amines is 2. The standard InChI is InChI=1S/C18H15Cl2N5O5/c1-7(2)10-3-8(22-23-15(10)26)4-11-12(19)5-9(6-13(11)20)25-18(30)21-16(27)14(24-25)17(28)29/h3,5-7H,4H2,1-2H3,(H,23,26)(H,28,29)(H,21,27,30). The summed E-state index contributed by atoms with van der Waals surface area (Å²) < 4.78 is 0.682. The van der Waals surface area contributed by atoms with E-state index >= 15 is 0 Å². The van der Waals surface area contributed by atoms with Gasteiger partial charge in [0.05, 0.1) is 11.4 Å². The first-order valence-corrected chi connectivity index (χ1v) is 9.37. The van der Waals surface area contributed by atoms with E-state index in [1.807, 2.05) is 18.8 Å². The maximum Gasteiger partial charge on any atom is 0.362 e. The summed E-state index contributed by atoms with van der Waals surface area (Å²) in [6, 6.07) is 4.38. The highest BCUT2D eigenvalue weighted by molar-refractivity contribution is 6.36. The van der Waals surface area contributed by atoms with Crippen LogP contribution in [0.1, 0.15) is 47.1 Å². The van der Waals surface area contributed by atoms with Crippen LogP contribution in [0.2, 0.25) is 10.0 Å². The summed E-state index contributed by atoms with van der Waals surface area (Å²) in [5.74, 6) is -1.60. The molecule has 0 fully saturated rings. The number of nitrogens with zero attached hydrogens (tertiary/aromatic N) is 3. The number of carbonyl (C=O) groups is 1. The summed E-state index contributed by atoms with van der Waals surface area (Å²) >= 11 is 12.7. The van der Waals surface area contributed by atoms with Gasteiger partial charge in [0.15, 0.2) is 0 Å². The molecule has 10 nitrogen and oxygen atoms in total. The Morgan fingerprint density at radius 1 is 1.13 bits per heavy atom. The Balaban J connectivity index is 2.06. The molecule has 3 N–H and O–H groups in total. The second-order valence-electron chi connectivity index (χ2n) is 6.69. The van der Waals surface area contributed by atoms with Gasteiger partial charge >= 0.3 is 11.7 Å². The molecule has 0 saturated carbocycles. The fourth-order valence-corrected chi connectivity index (χ4v) is 3.37. The van der Waals surface area contributed by atoms with Crippen molar-refractivity contribution in [3.05, 3.63) is 82.0 Å². The molecule has 0 unspecified atom stereocenters. The number of carboxylic acids is 1. The molecule has 0 amide bonds. The number of benzene rings is 1. The predicted molar refractivity (Wildman–Crippen MR) is 109 cm³/mol. The first-order chi connectivity index (χ1) is 14.1. The van der Waals surface area contributed by atoms with E-state index in [1.165, 1.54) is 12.1 Å². The summed E-state index contributed by atoms with van der Waals surface area (Å²) in [6.07, 6.45) is 0.197. The summed E-state index contributed by atoms with van der Waals surface area (Å²) in [4.78, 5) is 48.5. The van der Waals surface area contributed by atoms with Crippen LogP contribution in [0.3, 0.4) is 0 Å². The molecule has 2 heterocycles. The van der Waals surface area contributed by atoms with Crippen LogP contribution in [0.4, 0.5) is 0 Å². The predicted octanol–water partition coefficient (Wildman–Crippen LogP) is 1.72. The second kappa shape index (κ2) is 8.25. The maximum atomic E-state index is 12.1. The molecule has 2 aromatic heterocycles. The van der Waals surface area contributed by atoms with Crippen molar-refractivity contribution < 1.29 is 9.90 Å². The minimum Gasteiger partial charge on any atom is -0.476 e. The van der Waals surface area contributed by atoms with Crippen LogP contribution >= 0.6 is 23.2 Å². The van der Waals surface area contributed by atoms with Crippen molar-refractivity contribution in [1.29, 1.82) is 0 Å². The Morgan fingerprint density at radius 3 is 2.33 bits per heavy atom. The zero-order valence-electron chi connectivity index (χ0n) is 15.7. The van der Waals surface area contributed by atoms with E-state index in [2.05, 4.69) is 15.3 Å². The van der Waals surface area contributed by atoms with Gasteiger partial charge in [-0.15, -0.1) is 0 Å². The van der Waals surface area contributed by atoms with E-state index < -0.39 is 22.9 Å². The van der Waals surface area contributed by atoms with Crippen LogP contribution in [0.25, 0.3) is 5.69 Å². The quantitative estimate of drug-likeness (QED) is 0.533. The normalized spacial score (nSPS) is 11.1. The van der Waals surface area contributed by atoms with E-state index in [1.54, 1.807) is 6.07 Å². The summed E-state index contributed by atoms with van der Waals surface area (Å²) in [7, 11) is 0. The van der Waals surface area contributed by atoms with Gasteiger partial charge in [0, 0.05) is 22.0 Å². The van der Waals surface area contributed by atoms with Gasteiger partial charge in [0.25, 0.3) is 11.1 Å². The van der Waals surface area contributed by atoms with Gasteiger partial charge in [0.1, 0.15) is 0 Å². The van der Waals surface area contributed by atoms with E-state index in [0.717, 1.165) is 0 Å². The van der Waals surface area contributed by atoms with Crippen LogP contribution in [0.5, 0.6) is 0 Å². The van der Waals surface area contributed by atoms with E-state index in [4.69, 9.17) is 28.3 Å². The number of carboxylic acid groups (broad SMARTS) is 1. The Bertz CT molecular complexity index is 1300. The van der Waals surface area contributed by atoms with Gasteiger partial charge in [-0.2, -0.15) is 14.9 Å². The molecule has 3 aromatic rings. The lowest BCUT2D eigenvalue weighted by Crippen LogP contribution is -2.35. The molecule has 0 aliphatic heterocycles. The lowest BCUT2D eigenvalue weighted by atomic mass is 10.0. The summed E-state index contributed by atoms with van der Waals surface area (Å²) in [6.45, 7) is 3.76. The number of aromatic nitrogens is 5. The lowest BCUT2D eigenvalue weighted by Gasteiger charge is -2.12. The smallest absolute Gasteiger partial charge is 0.362 e. The van der Waals surface area contributed by atoms with Crippen LogP contribution in [-0.4, -0.2) is 36.0 Å². The maximum absolute atomic E-state index is 12.1. The number of halogens is 2. The minimum atomic E-state index is -1.59. The van der Waals surface area contributed by atoms with Crippen molar-refractivity contribution in [2.75, 3.05) is 0 Å². The number of H-pyrrole nitrogens is 2. The van der Waals surface area contributed by atoms with Crippen LogP contribution in [0.15, 0.2) is 32.6 Å². The monoisotopic (exact) mass is 451 g/mol. The SMILES string of the molecule is CC(C)c1cc(Cc2c(Cl)cc(-n3nc(C(=O)O)c(=O)[nH]c3=O)cc2Cl)n[nH]c1=O. The number of rotatable bonds is 5. The molecular formula is C18H15Cl2N5O5. The third kappa shape index (κ3) is 4.19. The van der Waals surface area contributed by atoms with Crippen molar-refractivity contribution in [3.8, 4) is 5.69 Å². The molecule has 0 bridgehead atoms. The van der Waals surface area contributed by atoms with Crippen LogP contribution < -0.4 is 16.8 Å².